The van der Waals surface area contributed by atoms with Crippen LogP contribution in [0.25, 0.3) is 0 Å². The van der Waals surface area contributed by atoms with Gasteiger partial charge < -0.3 is 14.8 Å². The summed E-state index contributed by atoms with van der Waals surface area (Å²) in [5, 5.41) is 19.1. The standard InChI is InChI=1S/C15H16FNO2S/c1-9-12(6-18)13(7-19)14-8-20-15(17(9)14)10-2-4-11(16)5-3-10/h2-5,15,18-19H,6-8H2,1H3/t15-/m1/s1. The number of thioether (sulfide) groups is 1. The van der Waals surface area contributed by atoms with Crippen LogP contribution in [-0.2, 0) is 19.0 Å². The van der Waals surface area contributed by atoms with Gasteiger partial charge in [0.05, 0.1) is 13.2 Å². The van der Waals surface area contributed by atoms with Crippen LogP contribution in [0.15, 0.2) is 24.3 Å². The Bertz CT molecular complexity index is 636. The third-order valence-electron chi connectivity index (χ3n) is 3.89. The SMILES string of the molecule is Cc1c(CO)c(CO)c2n1[C@@H](c1ccc(F)cc1)SC2. The maximum atomic E-state index is 13.0. The molecule has 106 valence electrons. The summed E-state index contributed by atoms with van der Waals surface area (Å²) in [6, 6.07) is 6.51. The molecule has 0 unspecified atom stereocenters. The zero-order valence-corrected chi connectivity index (χ0v) is 12.0. The monoisotopic (exact) mass is 293 g/mol. The van der Waals surface area contributed by atoms with Crippen molar-refractivity contribution in [2.75, 3.05) is 0 Å². The third-order valence-corrected chi connectivity index (χ3v) is 5.12. The highest BCUT2D eigenvalue weighted by molar-refractivity contribution is 7.99. The molecule has 0 spiro atoms. The second-order valence-corrected chi connectivity index (χ2v) is 5.96. The predicted octanol–water partition coefficient (Wildman–Crippen LogP) is 2.71. The minimum absolute atomic E-state index is 0.0598. The smallest absolute Gasteiger partial charge is 0.123 e. The van der Waals surface area contributed by atoms with Gasteiger partial charge in [0.15, 0.2) is 0 Å². The summed E-state index contributed by atoms with van der Waals surface area (Å²) in [5.41, 5.74) is 4.72. The van der Waals surface area contributed by atoms with E-state index >= 15 is 0 Å². The van der Waals surface area contributed by atoms with Crippen LogP contribution in [0, 0.1) is 12.7 Å². The Kier molecular flexibility index (Phi) is 3.58. The maximum absolute atomic E-state index is 13.0. The number of rotatable bonds is 3. The van der Waals surface area contributed by atoms with E-state index in [0.717, 1.165) is 33.8 Å². The highest BCUT2D eigenvalue weighted by Gasteiger charge is 2.30. The molecule has 0 saturated heterocycles. The lowest BCUT2D eigenvalue weighted by molar-refractivity contribution is 0.260. The lowest BCUT2D eigenvalue weighted by Gasteiger charge is -2.16. The minimum atomic E-state index is -0.242. The van der Waals surface area contributed by atoms with Crippen molar-refractivity contribution in [2.45, 2.75) is 31.3 Å². The van der Waals surface area contributed by atoms with Crippen LogP contribution in [0.5, 0.6) is 0 Å². The summed E-state index contributed by atoms with van der Waals surface area (Å²) in [6.45, 7) is 1.83. The fourth-order valence-electron chi connectivity index (χ4n) is 2.86. The van der Waals surface area contributed by atoms with Crippen molar-refractivity contribution >= 4 is 11.8 Å². The van der Waals surface area contributed by atoms with Crippen LogP contribution >= 0.6 is 11.8 Å². The molecular formula is C15H16FNO2S. The molecule has 3 rings (SSSR count). The molecule has 1 aromatic heterocycles. The highest BCUT2D eigenvalue weighted by atomic mass is 32.2. The number of hydrogen-bond donors (Lipinski definition) is 2. The molecule has 2 aromatic rings. The fraction of sp³-hybridized carbons (Fsp3) is 0.333. The predicted molar refractivity (Wildman–Crippen MR) is 76.8 cm³/mol. The Morgan fingerprint density at radius 3 is 2.45 bits per heavy atom. The molecule has 0 aliphatic carbocycles. The van der Waals surface area contributed by atoms with Gasteiger partial charge in [0.25, 0.3) is 0 Å². The molecule has 20 heavy (non-hydrogen) atoms. The van der Waals surface area contributed by atoms with E-state index in [1.807, 2.05) is 6.92 Å². The highest BCUT2D eigenvalue weighted by Crippen LogP contribution is 2.45. The van der Waals surface area contributed by atoms with Crippen molar-refractivity contribution in [1.82, 2.24) is 4.57 Å². The Morgan fingerprint density at radius 2 is 1.85 bits per heavy atom. The van der Waals surface area contributed by atoms with Gasteiger partial charge in [-0.3, -0.25) is 0 Å². The second-order valence-electron chi connectivity index (χ2n) is 4.89. The molecule has 0 amide bonds. The molecule has 1 atom stereocenters. The molecule has 3 nitrogen and oxygen atoms in total. The first-order chi connectivity index (χ1) is 9.67. The van der Waals surface area contributed by atoms with E-state index < -0.39 is 0 Å². The maximum Gasteiger partial charge on any atom is 0.123 e. The van der Waals surface area contributed by atoms with Gasteiger partial charge in [-0.1, -0.05) is 12.1 Å². The summed E-state index contributed by atoms with van der Waals surface area (Å²) < 4.78 is 15.2. The van der Waals surface area contributed by atoms with Crippen molar-refractivity contribution in [1.29, 1.82) is 0 Å². The molecule has 1 aliphatic heterocycles. The van der Waals surface area contributed by atoms with Crippen LogP contribution in [-0.4, -0.2) is 14.8 Å². The Hall–Kier alpha value is -1.30. The van der Waals surface area contributed by atoms with E-state index in [-0.39, 0.29) is 24.4 Å². The zero-order valence-electron chi connectivity index (χ0n) is 11.1. The number of aliphatic hydroxyl groups excluding tert-OH is 2. The van der Waals surface area contributed by atoms with Crippen LogP contribution in [0.3, 0.4) is 0 Å². The number of hydrogen-bond acceptors (Lipinski definition) is 3. The van der Waals surface area contributed by atoms with Crippen molar-refractivity contribution in [3.8, 4) is 0 Å². The average Bonchev–Trinajstić information content (AvgIpc) is 2.99. The first-order valence-electron chi connectivity index (χ1n) is 6.47. The fourth-order valence-corrected chi connectivity index (χ4v) is 4.27. The van der Waals surface area contributed by atoms with Gasteiger partial charge in [-0.15, -0.1) is 11.8 Å². The number of aromatic nitrogens is 1. The number of benzene rings is 1. The van der Waals surface area contributed by atoms with Gasteiger partial charge in [0, 0.05) is 28.3 Å². The van der Waals surface area contributed by atoms with Crippen molar-refractivity contribution in [3.05, 3.63) is 58.2 Å². The average molecular weight is 293 g/mol. The van der Waals surface area contributed by atoms with Gasteiger partial charge >= 0.3 is 0 Å². The number of nitrogens with zero attached hydrogens (tertiary/aromatic N) is 1. The van der Waals surface area contributed by atoms with Gasteiger partial charge in [-0.05, 0) is 24.6 Å². The number of fused-ring (bicyclic) bond motifs is 1. The molecule has 5 heteroatoms. The summed E-state index contributed by atoms with van der Waals surface area (Å²) in [5.74, 6) is 0.548. The van der Waals surface area contributed by atoms with Crippen LogP contribution in [0.2, 0.25) is 0 Å². The molecule has 1 aliphatic rings. The van der Waals surface area contributed by atoms with Gasteiger partial charge in [-0.2, -0.15) is 0 Å². The molecule has 2 N–H and O–H groups in total. The van der Waals surface area contributed by atoms with Crippen LogP contribution < -0.4 is 0 Å². The Labute approximate surface area is 121 Å². The van der Waals surface area contributed by atoms with Gasteiger partial charge in [0.1, 0.15) is 11.2 Å². The molecule has 1 aromatic carbocycles. The topological polar surface area (TPSA) is 45.4 Å². The van der Waals surface area contributed by atoms with E-state index in [1.165, 1.54) is 12.1 Å². The Morgan fingerprint density at radius 1 is 1.20 bits per heavy atom. The first-order valence-corrected chi connectivity index (χ1v) is 7.52. The zero-order chi connectivity index (χ0) is 14.3. The number of aliphatic hydroxyl groups is 2. The van der Waals surface area contributed by atoms with E-state index in [1.54, 1.807) is 23.9 Å². The largest absolute Gasteiger partial charge is 0.392 e. The van der Waals surface area contributed by atoms with Crippen LogP contribution in [0.4, 0.5) is 4.39 Å². The summed E-state index contributed by atoms with van der Waals surface area (Å²) in [6.07, 6.45) is 0. The molecule has 0 radical (unpaired) electrons. The van der Waals surface area contributed by atoms with Gasteiger partial charge in [0.2, 0.25) is 0 Å². The quantitative estimate of drug-likeness (QED) is 0.914. The second kappa shape index (κ2) is 5.24. The third kappa shape index (κ3) is 1.97. The summed E-state index contributed by atoms with van der Waals surface area (Å²) in [4.78, 5) is 0. The van der Waals surface area contributed by atoms with E-state index in [0.29, 0.717) is 0 Å². The van der Waals surface area contributed by atoms with E-state index in [2.05, 4.69) is 4.57 Å². The summed E-state index contributed by atoms with van der Waals surface area (Å²) in [7, 11) is 0. The molecule has 0 saturated carbocycles. The van der Waals surface area contributed by atoms with Crippen molar-refractivity contribution in [2.24, 2.45) is 0 Å². The Balaban J connectivity index is 2.10. The summed E-state index contributed by atoms with van der Waals surface area (Å²) >= 11 is 1.75. The lowest BCUT2D eigenvalue weighted by atomic mass is 10.1. The molecule has 2 heterocycles. The molecule has 0 bridgehead atoms. The van der Waals surface area contributed by atoms with Crippen LogP contribution in [0.1, 0.15) is 33.5 Å². The molecule has 0 fully saturated rings. The van der Waals surface area contributed by atoms with Crippen molar-refractivity contribution < 1.29 is 14.6 Å². The lowest BCUT2D eigenvalue weighted by Crippen LogP contribution is -2.06. The van der Waals surface area contributed by atoms with Crippen molar-refractivity contribution in [3.63, 3.8) is 0 Å². The first kappa shape index (κ1) is 13.7. The number of halogens is 1. The molecular weight excluding hydrogens is 277 g/mol. The van der Waals surface area contributed by atoms with E-state index in [4.69, 9.17) is 0 Å². The normalized spacial score (nSPS) is 17.5. The minimum Gasteiger partial charge on any atom is -0.392 e. The van der Waals surface area contributed by atoms with E-state index in [9.17, 15) is 14.6 Å². The van der Waals surface area contributed by atoms with Gasteiger partial charge in [-0.25, -0.2) is 4.39 Å².